The standard InChI is InChI=1S/C17H27FN4/c1-3-22-12-4-5-16(22)13-21-17(19-2)20-11-10-14-6-8-15(18)9-7-14/h6-9,16H,3-5,10-13H2,1-2H3,(H2,19,20,21). The summed E-state index contributed by atoms with van der Waals surface area (Å²) in [6, 6.07) is 7.26. The number of guanidine groups is 1. The van der Waals surface area contributed by atoms with Crippen LogP contribution < -0.4 is 10.6 Å². The normalized spacial score (nSPS) is 19.4. The Bertz CT molecular complexity index is 472. The lowest BCUT2D eigenvalue weighted by Gasteiger charge is -2.24. The highest BCUT2D eigenvalue weighted by Crippen LogP contribution is 2.15. The number of benzene rings is 1. The van der Waals surface area contributed by atoms with Gasteiger partial charge in [-0.1, -0.05) is 19.1 Å². The second-order valence-corrected chi connectivity index (χ2v) is 5.68. The van der Waals surface area contributed by atoms with Gasteiger partial charge in [0.15, 0.2) is 5.96 Å². The van der Waals surface area contributed by atoms with E-state index < -0.39 is 0 Å². The van der Waals surface area contributed by atoms with Crippen LogP contribution >= 0.6 is 0 Å². The highest BCUT2D eigenvalue weighted by molar-refractivity contribution is 5.79. The fraction of sp³-hybridized carbons (Fsp3) is 0.588. The van der Waals surface area contributed by atoms with Gasteiger partial charge in [0.2, 0.25) is 0 Å². The van der Waals surface area contributed by atoms with Crippen molar-refractivity contribution in [1.29, 1.82) is 0 Å². The van der Waals surface area contributed by atoms with Crippen molar-refractivity contribution in [2.75, 3.05) is 33.2 Å². The molecule has 1 heterocycles. The number of nitrogens with zero attached hydrogens (tertiary/aromatic N) is 2. The highest BCUT2D eigenvalue weighted by Gasteiger charge is 2.22. The molecule has 0 aliphatic carbocycles. The van der Waals surface area contributed by atoms with E-state index in [9.17, 15) is 4.39 Å². The van der Waals surface area contributed by atoms with Crippen LogP contribution in [0.3, 0.4) is 0 Å². The van der Waals surface area contributed by atoms with Gasteiger partial charge in [-0.3, -0.25) is 9.89 Å². The zero-order chi connectivity index (χ0) is 15.8. The summed E-state index contributed by atoms with van der Waals surface area (Å²) in [6.07, 6.45) is 3.40. The minimum absolute atomic E-state index is 0.189. The van der Waals surface area contributed by atoms with E-state index in [1.807, 2.05) is 12.1 Å². The number of nitrogens with one attached hydrogen (secondary N) is 2. The first-order chi connectivity index (χ1) is 10.7. The summed E-state index contributed by atoms with van der Waals surface area (Å²) < 4.78 is 12.9. The fourth-order valence-electron chi connectivity index (χ4n) is 2.95. The number of halogens is 1. The third-order valence-electron chi connectivity index (χ3n) is 4.25. The second-order valence-electron chi connectivity index (χ2n) is 5.68. The van der Waals surface area contributed by atoms with Crippen molar-refractivity contribution in [2.24, 2.45) is 4.99 Å². The average Bonchev–Trinajstić information content (AvgIpc) is 3.00. The van der Waals surface area contributed by atoms with E-state index in [1.165, 1.54) is 31.5 Å². The quantitative estimate of drug-likeness (QED) is 0.624. The van der Waals surface area contributed by atoms with Gasteiger partial charge in [-0.25, -0.2) is 4.39 Å². The van der Waals surface area contributed by atoms with Crippen LogP contribution in [0.2, 0.25) is 0 Å². The molecular formula is C17H27FN4. The van der Waals surface area contributed by atoms with Crippen molar-refractivity contribution >= 4 is 5.96 Å². The summed E-state index contributed by atoms with van der Waals surface area (Å²) in [4.78, 5) is 6.77. The van der Waals surface area contributed by atoms with Gasteiger partial charge in [0.1, 0.15) is 5.82 Å². The van der Waals surface area contributed by atoms with Crippen LogP contribution in [-0.4, -0.2) is 50.1 Å². The predicted octanol–water partition coefficient (Wildman–Crippen LogP) is 2.02. The topological polar surface area (TPSA) is 39.7 Å². The molecule has 0 amide bonds. The van der Waals surface area contributed by atoms with Crippen LogP contribution in [0.1, 0.15) is 25.3 Å². The third-order valence-corrected chi connectivity index (χ3v) is 4.25. The van der Waals surface area contributed by atoms with Gasteiger partial charge in [0.05, 0.1) is 0 Å². The Morgan fingerprint density at radius 2 is 2.09 bits per heavy atom. The zero-order valence-electron chi connectivity index (χ0n) is 13.6. The van der Waals surface area contributed by atoms with Crippen molar-refractivity contribution < 1.29 is 4.39 Å². The van der Waals surface area contributed by atoms with Gasteiger partial charge in [-0.05, 0) is 50.0 Å². The number of likely N-dealkylation sites (tertiary alicyclic amines) is 1. The predicted molar refractivity (Wildman–Crippen MR) is 89.7 cm³/mol. The molecule has 1 unspecified atom stereocenters. The Balaban J connectivity index is 1.70. The Labute approximate surface area is 132 Å². The number of rotatable bonds is 6. The van der Waals surface area contributed by atoms with Gasteiger partial charge in [0, 0.05) is 26.2 Å². The van der Waals surface area contributed by atoms with Crippen LogP contribution in [0.25, 0.3) is 0 Å². The summed E-state index contributed by atoms with van der Waals surface area (Å²) in [5, 5.41) is 6.72. The molecule has 1 saturated heterocycles. The first-order valence-electron chi connectivity index (χ1n) is 8.16. The lowest BCUT2D eigenvalue weighted by molar-refractivity contribution is 0.267. The first-order valence-corrected chi connectivity index (χ1v) is 8.16. The molecule has 1 aliphatic heterocycles. The highest BCUT2D eigenvalue weighted by atomic mass is 19.1. The summed E-state index contributed by atoms with van der Waals surface area (Å²) in [5.41, 5.74) is 1.12. The molecule has 22 heavy (non-hydrogen) atoms. The van der Waals surface area contributed by atoms with Crippen LogP contribution in [-0.2, 0) is 6.42 Å². The molecule has 0 aromatic heterocycles. The summed E-state index contributed by atoms with van der Waals surface area (Å²) in [6.45, 7) is 6.26. The lowest BCUT2D eigenvalue weighted by Crippen LogP contribution is -2.45. The first kappa shape index (κ1) is 16.7. The number of aliphatic imine (C=N–C) groups is 1. The summed E-state index contributed by atoms with van der Waals surface area (Å²) in [7, 11) is 1.79. The number of hydrogen-bond acceptors (Lipinski definition) is 2. The molecule has 0 saturated carbocycles. The fourth-order valence-corrected chi connectivity index (χ4v) is 2.95. The molecule has 5 heteroatoms. The SMILES string of the molecule is CCN1CCCC1CNC(=NC)NCCc1ccc(F)cc1. The molecule has 0 spiro atoms. The molecule has 2 N–H and O–H groups in total. The Hall–Kier alpha value is -1.62. The minimum Gasteiger partial charge on any atom is -0.356 e. The van der Waals surface area contributed by atoms with Crippen LogP contribution in [0.15, 0.2) is 29.3 Å². The zero-order valence-corrected chi connectivity index (χ0v) is 13.6. The Kier molecular flexibility index (Phi) is 6.65. The van der Waals surface area contributed by atoms with Gasteiger partial charge in [-0.2, -0.15) is 0 Å². The third kappa shape index (κ3) is 4.98. The molecule has 1 aromatic carbocycles. The molecule has 2 rings (SSSR count). The molecule has 1 atom stereocenters. The van der Waals surface area contributed by atoms with Crippen molar-refractivity contribution in [3.63, 3.8) is 0 Å². The van der Waals surface area contributed by atoms with Crippen molar-refractivity contribution in [3.8, 4) is 0 Å². The van der Waals surface area contributed by atoms with E-state index in [4.69, 9.17) is 0 Å². The van der Waals surface area contributed by atoms with Gasteiger partial charge in [0.25, 0.3) is 0 Å². The van der Waals surface area contributed by atoms with E-state index in [2.05, 4.69) is 27.4 Å². The van der Waals surface area contributed by atoms with E-state index in [0.29, 0.717) is 6.04 Å². The molecule has 1 aromatic rings. The summed E-state index contributed by atoms with van der Waals surface area (Å²) >= 11 is 0. The number of likely N-dealkylation sites (N-methyl/N-ethyl adjacent to an activating group) is 1. The summed E-state index contributed by atoms with van der Waals surface area (Å²) in [5.74, 6) is 0.649. The van der Waals surface area contributed by atoms with Crippen LogP contribution in [0, 0.1) is 5.82 Å². The van der Waals surface area contributed by atoms with Crippen LogP contribution in [0.5, 0.6) is 0 Å². The Morgan fingerprint density at radius 1 is 1.32 bits per heavy atom. The Morgan fingerprint density at radius 3 is 2.77 bits per heavy atom. The molecule has 4 nitrogen and oxygen atoms in total. The minimum atomic E-state index is -0.189. The molecular weight excluding hydrogens is 279 g/mol. The van der Waals surface area contributed by atoms with Gasteiger partial charge < -0.3 is 10.6 Å². The van der Waals surface area contributed by atoms with Crippen molar-refractivity contribution in [1.82, 2.24) is 15.5 Å². The van der Waals surface area contributed by atoms with Crippen molar-refractivity contribution in [3.05, 3.63) is 35.6 Å². The van der Waals surface area contributed by atoms with E-state index in [0.717, 1.165) is 37.6 Å². The smallest absolute Gasteiger partial charge is 0.191 e. The molecule has 1 fully saturated rings. The van der Waals surface area contributed by atoms with E-state index in [-0.39, 0.29) is 5.82 Å². The number of hydrogen-bond donors (Lipinski definition) is 2. The maximum atomic E-state index is 12.9. The maximum absolute atomic E-state index is 12.9. The second kappa shape index (κ2) is 8.73. The van der Waals surface area contributed by atoms with Gasteiger partial charge >= 0.3 is 0 Å². The molecule has 1 aliphatic rings. The average molecular weight is 306 g/mol. The molecule has 0 bridgehead atoms. The van der Waals surface area contributed by atoms with Crippen molar-refractivity contribution in [2.45, 2.75) is 32.2 Å². The monoisotopic (exact) mass is 306 g/mol. The maximum Gasteiger partial charge on any atom is 0.191 e. The van der Waals surface area contributed by atoms with Gasteiger partial charge in [-0.15, -0.1) is 0 Å². The van der Waals surface area contributed by atoms with Crippen LogP contribution in [0.4, 0.5) is 4.39 Å². The van der Waals surface area contributed by atoms with E-state index in [1.54, 1.807) is 7.05 Å². The molecule has 122 valence electrons. The molecule has 0 radical (unpaired) electrons. The van der Waals surface area contributed by atoms with E-state index >= 15 is 0 Å². The largest absolute Gasteiger partial charge is 0.356 e. The lowest BCUT2D eigenvalue weighted by atomic mass is 10.1.